The van der Waals surface area contributed by atoms with E-state index in [1.54, 1.807) is 7.11 Å². The third kappa shape index (κ3) is 3.88. The van der Waals surface area contributed by atoms with Gasteiger partial charge in [-0.05, 0) is 43.2 Å². The van der Waals surface area contributed by atoms with Crippen molar-refractivity contribution in [1.29, 1.82) is 0 Å². The van der Waals surface area contributed by atoms with Crippen molar-refractivity contribution in [3.05, 3.63) is 52.5 Å². The van der Waals surface area contributed by atoms with Crippen LogP contribution in [0.3, 0.4) is 0 Å². The molecule has 0 bridgehead atoms. The summed E-state index contributed by atoms with van der Waals surface area (Å²) in [5, 5.41) is 3.73. The Hall–Kier alpha value is -2.40. The number of nitrogens with one attached hydrogen (secondary N) is 1. The van der Waals surface area contributed by atoms with Crippen LogP contribution in [0, 0.1) is 13.8 Å². The maximum absolute atomic E-state index is 12.6. The van der Waals surface area contributed by atoms with Gasteiger partial charge in [0.25, 0.3) is 0 Å². The van der Waals surface area contributed by atoms with Crippen LogP contribution in [-0.4, -0.2) is 44.2 Å². The van der Waals surface area contributed by atoms with Crippen LogP contribution in [0.5, 0.6) is 5.75 Å². The highest BCUT2D eigenvalue weighted by atomic mass is 35.5. The molecule has 2 amide bonds. The molecule has 5 nitrogen and oxygen atoms in total. The van der Waals surface area contributed by atoms with E-state index in [4.69, 9.17) is 16.3 Å². The van der Waals surface area contributed by atoms with Crippen molar-refractivity contribution in [2.45, 2.75) is 13.8 Å². The third-order valence-electron chi connectivity index (χ3n) is 4.76. The van der Waals surface area contributed by atoms with Crippen LogP contribution >= 0.6 is 11.6 Å². The Labute approximate surface area is 159 Å². The van der Waals surface area contributed by atoms with Crippen LogP contribution in [0.15, 0.2) is 36.4 Å². The zero-order valence-corrected chi connectivity index (χ0v) is 16.1. The van der Waals surface area contributed by atoms with Gasteiger partial charge in [-0.15, -0.1) is 0 Å². The van der Waals surface area contributed by atoms with Gasteiger partial charge < -0.3 is 19.9 Å². The first-order valence-corrected chi connectivity index (χ1v) is 9.08. The second-order valence-corrected chi connectivity index (χ2v) is 6.92. The minimum absolute atomic E-state index is 0.0555. The summed E-state index contributed by atoms with van der Waals surface area (Å²) in [5.41, 5.74) is 4.01. The number of amides is 2. The monoisotopic (exact) mass is 373 g/mol. The number of halogens is 1. The molecule has 1 heterocycles. The number of urea groups is 1. The highest BCUT2D eigenvalue weighted by Gasteiger charge is 2.23. The van der Waals surface area contributed by atoms with E-state index in [2.05, 4.69) is 10.2 Å². The predicted molar refractivity (Wildman–Crippen MR) is 107 cm³/mol. The number of piperazine rings is 1. The molecule has 1 saturated heterocycles. The number of hydrogen-bond donors (Lipinski definition) is 1. The molecule has 6 heteroatoms. The lowest BCUT2D eigenvalue weighted by atomic mass is 10.1. The summed E-state index contributed by atoms with van der Waals surface area (Å²) >= 11 is 6.14. The molecule has 0 saturated carbocycles. The van der Waals surface area contributed by atoms with E-state index in [1.807, 2.05) is 55.1 Å². The van der Waals surface area contributed by atoms with Gasteiger partial charge in [-0.25, -0.2) is 4.79 Å². The van der Waals surface area contributed by atoms with E-state index >= 15 is 0 Å². The Morgan fingerprint density at radius 1 is 1.08 bits per heavy atom. The summed E-state index contributed by atoms with van der Waals surface area (Å²) in [6.07, 6.45) is 0. The van der Waals surface area contributed by atoms with Crippen molar-refractivity contribution in [1.82, 2.24) is 4.90 Å². The largest absolute Gasteiger partial charge is 0.495 e. The molecule has 0 aliphatic carbocycles. The van der Waals surface area contributed by atoms with Gasteiger partial charge in [-0.3, -0.25) is 0 Å². The molecule has 2 aromatic carbocycles. The number of hydrogen-bond acceptors (Lipinski definition) is 3. The average molecular weight is 374 g/mol. The van der Waals surface area contributed by atoms with Gasteiger partial charge in [0.1, 0.15) is 5.75 Å². The van der Waals surface area contributed by atoms with Crippen molar-refractivity contribution in [2.75, 3.05) is 43.5 Å². The highest BCUT2D eigenvalue weighted by Crippen LogP contribution is 2.32. The predicted octanol–water partition coefficient (Wildman–Crippen LogP) is 4.32. The third-order valence-corrected chi connectivity index (χ3v) is 5.00. The summed E-state index contributed by atoms with van der Waals surface area (Å²) in [4.78, 5) is 16.7. The zero-order valence-electron chi connectivity index (χ0n) is 15.4. The molecule has 138 valence electrons. The van der Waals surface area contributed by atoms with Crippen molar-refractivity contribution in [3.63, 3.8) is 0 Å². The topological polar surface area (TPSA) is 44.8 Å². The first-order chi connectivity index (χ1) is 12.5. The van der Waals surface area contributed by atoms with Gasteiger partial charge in [0.15, 0.2) is 0 Å². The standard InChI is InChI=1S/C20H24ClN3O2/c1-14-5-4-6-15(2)19(14)22-20(25)24-11-9-23(10-12-24)17-13-16(21)7-8-18(17)26-3/h4-8,13H,9-12H2,1-3H3,(H,22,25). The van der Waals surface area contributed by atoms with Crippen molar-refractivity contribution < 1.29 is 9.53 Å². The number of anilines is 2. The molecule has 0 aromatic heterocycles. The molecular weight excluding hydrogens is 350 g/mol. The molecule has 26 heavy (non-hydrogen) atoms. The molecule has 0 radical (unpaired) electrons. The zero-order chi connectivity index (χ0) is 18.7. The first kappa shape index (κ1) is 18.4. The summed E-state index contributed by atoms with van der Waals surface area (Å²) in [6, 6.07) is 11.6. The number of nitrogens with zero attached hydrogens (tertiary/aromatic N) is 2. The van der Waals surface area contributed by atoms with Crippen LogP contribution in [0.4, 0.5) is 16.2 Å². The van der Waals surface area contributed by atoms with Crippen molar-refractivity contribution >= 4 is 29.0 Å². The van der Waals surface area contributed by atoms with Crippen LogP contribution in [0.25, 0.3) is 0 Å². The number of para-hydroxylation sites is 1. The number of methoxy groups -OCH3 is 1. The van der Waals surface area contributed by atoms with Crippen LogP contribution in [0.2, 0.25) is 5.02 Å². The lowest BCUT2D eigenvalue weighted by Crippen LogP contribution is -2.50. The van der Waals surface area contributed by atoms with Crippen LogP contribution < -0.4 is 15.0 Å². The van der Waals surface area contributed by atoms with Gasteiger partial charge in [-0.2, -0.15) is 0 Å². The molecule has 1 N–H and O–H groups in total. The van der Waals surface area contributed by atoms with E-state index in [0.29, 0.717) is 18.1 Å². The average Bonchev–Trinajstić information content (AvgIpc) is 2.65. The molecule has 1 fully saturated rings. The molecule has 0 unspecified atom stereocenters. The lowest BCUT2D eigenvalue weighted by Gasteiger charge is -2.36. The van der Waals surface area contributed by atoms with E-state index in [-0.39, 0.29) is 6.03 Å². The number of aryl methyl sites for hydroxylation is 2. The maximum Gasteiger partial charge on any atom is 0.321 e. The van der Waals surface area contributed by atoms with Crippen LogP contribution in [-0.2, 0) is 0 Å². The number of carbonyl (C=O) groups is 1. The van der Waals surface area contributed by atoms with Gasteiger partial charge in [0.2, 0.25) is 0 Å². The number of ether oxygens (including phenoxy) is 1. The molecular formula is C20H24ClN3O2. The minimum atomic E-state index is -0.0555. The van der Waals surface area contributed by atoms with Gasteiger partial charge in [0, 0.05) is 36.9 Å². The lowest BCUT2D eigenvalue weighted by molar-refractivity contribution is 0.208. The molecule has 3 rings (SSSR count). The summed E-state index contributed by atoms with van der Waals surface area (Å²) in [7, 11) is 1.65. The first-order valence-electron chi connectivity index (χ1n) is 8.70. The fourth-order valence-electron chi connectivity index (χ4n) is 3.26. The number of rotatable bonds is 3. The normalized spacial score (nSPS) is 14.3. The highest BCUT2D eigenvalue weighted by molar-refractivity contribution is 6.30. The summed E-state index contributed by atoms with van der Waals surface area (Å²) in [6.45, 7) is 6.77. The molecule has 1 aliphatic rings. The van der Waals surface area contributed by atoms with Crippen LogP contribution in [0.1, 0.15) is 11.1 Å². The fraction of sp³-hybridized carbons (Fsp3) is 0.350. The Balaban J connectivity index is 1.65. The number of benzene rings is 2. The molecule has 2 aromatic rings. The maximum atomic E-state index is 12.6. The summed E-state index contributed by atoms with van der Waals surface area (Å²) in [5.74, 6) is 0.794. The van der Waals surface area contributed by atoms with E-state index in [9.17, 15) is 4.79 Å². The fourth-order valence-corrected chi connectivity index (χ4v) is 3.42. The Bertz CT molecular complexity index is 781. The van der Waals surface area contributed by atoms with Crippen molar-refractivity contribution in [2.24, 2.45) is 0 Å². The van der Waals surface area contributed by atoms with Gasteiger partial charge >= 0.3 is 6.03 Å². The minimum Gasteiger partial charge on any atom is -0.495 e. The number of carbonyl (C=O) groups excluding carboxylic acids is 1. The quantitative estimate of drug-likeness (QED) is 0.871. The van der Waals surface area contributed by atoms with Gasteiger partial charge in [-0.1, -0.05) is 29.8 Å². The summed E-state index contributed by atoms with van der Waals surface area (Å²) < 4.78 is 5.44. The smallest absolute Gasteiger partial charge is 0.321 e. The molecule has 0 atom stereocenters. The molecule has 0 spiro atoms. The second kappa shape index (κ2) is 7.87. The van der Waals surface area contributed by atoms with Crippen molar-refractivity contribution in [3.8, 4) is 5.75 Å². The van der Waals surface area contributed by atoms with E-state index < -0.39 is 0 Å². The molecule has 1 aliphatic heterocycles. The Morgan fingerprint density at radius 3 is 2.35 bits per heavy atom. The Morgan fingerprint density at radius 2 is 1.73 bits per heavy atom. The van der Waals surface area contributed by atoms with E-state index in [1.165, 1.54) is 0 Å². The SMILES string of the molecule is COc1ccc(Cl)cc1N1CCN(C(=O)Nc2c(C)cccc2C)CC1. The Kier molecular flexibility index (Phi) is 5.57. The van der Waals surface area contributed by atoms with E-state index in [0.717, 1.165) is 41.3 Å². The second-order valence-electron chi connectivity index (χ2n) is 6.49. The van der Waals surface area contributed by atoms with Gasteiger partial charge in [0.05, 0.1) is 12.8 Å².